The highest BCUT2D eigenvalue weighted by Gasteiger charge is 2.27. The smallest absolute Gasteiger partial charge is 0.237 e. The van der Waals surface area contributed by atoms with Crippen molar-refractivity contribution in [2.75, 3.05) is 33.5 Å². The number of carbonyl (C=O) groups excluding carboxylic acids is 1. The fourth-order valence-corrected chi connectivity index (χ4v) is 1.37. The van der Waals surface area contributed by atoms with Gasteiger partial charge in [-0.1, -0.05) is 6.92 Å². The fraction of sp³-hybridized carbons (Fsp3) is 0.917. The first-order chi connectivity index (χ1) is 8.06. The molecule has 5 nitrogen and oxygen atoms in total. The largest absolute Gasteiger partial charge is 0.379 e. The molecule has 102 valence electrons. The predicted molar refractivity (Wildman–Crippen MR) is 67.8 cm³/mol. The minimum atomic E-state index is -0.637. The van der Waals surface area contributed by atoms with Crippen LogP contribution in [0.25, 0.3) is 0 Å². The van der Waals surface area contributed by atoms with E-state index < -0.39 is 5.54 Å². The predicted octanol–water partition coefficient (Wildman–Crippen LogP) is 0.673. The molecule has 0 aromatic heterocycles. The van der Waals surface area contributed by atoms with Gasteiger partial charge < -0.3 is 20.5 Å². The van der Waals surface area contributed by atoms with E-state index in [1.54, 1.807) is 14.0 Å². The lowest BCUT2D eigenvalue weighted by Crippen LogP contribution is -2.51. The van der Waals surface area contributed by atoms with Crippen LogP contribution in [0.4, 0.5) is 0 Å². The summed E-state index contributed by atoms with van der Waals surface area (Å²) in [6.07, 6.45) is 2.50. The third-order valence-corrected chi connectivity index (χ3v) is 2.78. The molecule has 0 aromatic carbocycles. The number of hydrogen-bond donors (Lipinski definition) is 2. The van der Waals surface area contributed by atoms with Crippen molar-refractivity contribution in [3.8, 4) is 0 Å². The van der Waals surface area contributed by atoms with Crippen LogP contribution in [0.3, 0.4) is 0 Å². The van der Waals surface area contributed by atoms with E-state index in [9.17, 15) is 4.79 Å². The molecule has 0 aliphatic rings. The van der Waals surface area contributed by atoms with Crippen molar-refractivity contribution in [3.05, 3.63) is 0 Å². The van der Waals surface area contributed by atoms with Gasteiger partial charge in [-0.15, -0.1) is 0 Å². The van der Waals surface area contributed by atoms with Crippen molar-refractivity contribution in [1.29, 1.82) is 0 Å². The molecule has 5 heteroatoms. The number of nitrogens with two attached hydrogens (primary N) is 1. The topological polar surface area (TPSA) is 73.6 Å². The van der Waals surface area contributed by atoms with Gasteiger partial charge in [0.15, 0.2) is 0 Å². The summed E-state index contributed by atoms with van der Waals surface area (Å²) in [6.45, 7) is 6.52. The average Bonchev–Trinajstić information content (AvgIpc) is 2.32. The molecule has 0 aromatic rings. The van der Waals surface area contributed by atoms with Gasteiger partial charge in [0, 0.05) is 13.2 Å². The molecule has 0 aliphatic heterocycles. The Labute approximate surface area is 104 Å². The Hall–Kier alpha value is -0.650. The highest BCUT2D eigenvalue weighted by molar-refractivity contribution is 5.84. The first-order valence-electron chi connectivity index (χ1n) is 6.21. The summed E-state index contributed by atoms with van der Waals surface area (Å²) in [7, 11) is 1.74. The maximum atomic E-state index is 11.2. The van der Waals surface area contributed by atoms with Crippen LogP contribution in [0.2, 0.25) is 0 Å². The van der Waals surface area contributed by atoms with Crippen LogP contribution in [0.1, 0.15) is 33.1 Å². The van der Waals surface area contributed by atoms with Gasteiger partial charge in [0.25, 0.3) is 0 Å². The van der Waals surface area contributed by atoms with Crippen molar-refractivity contribution in [1.82, 2.24) is 5.32 Å². The van der Waals surface area contributed by atoms with Gasteiger partial charge >= 0.3 is 0 Å². The third-order valence-electron chi connectivity index (χ3n) is 2.78. The van der Waals surface area contributed by atoms with Gasteiger partial charge in [-0.25, -0.2) is 0 Å². The molecular weight excluding hydrogens is 220 g/mol. The second kappa shape index (κ2) is 9.39. The van der Waals surface area contributed by atoms with Crippen molar-refractivity contribution >= 4 is 5.91 Å². The van der Waals surface area contributed by atoms with E-state index in [2.05, 4.69) is 12.2 Å². The molecule has 1 amide bonds. The molecule has 3 N–H and O–H groups in total. The summed E-state index contributed by atoms with van der Waals surface area (Å²) in [6, 6.07) is 0. The molecule has 0 spiro atoms. The van der Waals surface area contributed by atoms with Crippen LogP contribution in [0.5, 0.6) is 0 Å². The second-order valence-corrected chi connectivity index (χ2v) is 4.27. The van der Waals surface area contributed by atoms with E-state index in [4.69, 9.17) is 15.2 Å². The van der Waals surface area contributed by atoms with E-state index in [1.807, 2.05) is 0 Å². The minimum absolute atomic E-state index is 0.328. The number of amides is 1. The molecule has 0 saturated heterocycles. The summed E-state index contributed by atoms with van der Waals surface area (Å²) < 4.78 is 10.7. The zero-order chi connectivity index (χ0) is 13.1. The number of rotatable bonds is 11. The Morgan fingerprint density at radius 3 is 2.29 bits per heavy atom. The lowest BCUT2D eigenvalue weighted by atomic mass is 9.95. The highest BCUT2D eigenvalue weighted by Crippen LogP contribution is 2.10. The first-order valence-corrected chi connectivity index (χ1v) is 6.21. The van der Waals surface area contributed by atoms with Gasteiger partial charge in [-0.3, -0.25) is 4.79 Å². The Kier molecular flexibility index (Phi) is 9.03. The number of carbonyl (C=O) groups is 1. The average molecular weight is 246 g/mol. The summed E-state index contributed by atoms with van der Waals surface area (Å²) in [4.78, 5) is 11.2. The van der Waals surface area contributed by atoms with Gasteiger partial charge in [0.05, 0.1) is 18.8 Å². The molecular formula is C12H26N2O3. The SMILES string of the molecule is CCCOCCOCCCC(C)(NC)C(N)=O. The monoisotopic (exact) mass is 246 g/mol. The van der Waals surface area contributed by atoms with Crippen molar-refractivity contribution in [2.24, 2.45) is 5.73 Å². The van der Waals surface area contributed by atoms with Crippen molar-refractivity contribution in [2.45, 2.75) is 38.6 Å². The Balaban J connectivity index is 3.47. The molecule has 0 rings (SSSR count). The van der Waals surface area contributed by atoms with E-state index in [0.29, 0.717) is 26.2 Å². The molecule has 1 atom stereocenters. The zero-order valence-corrected chi connectivity index (χ0v) is 11.3. The maximum absolute atomic E-state index is 11.2. The number of nitrogens with one attached hydrogen (secondary N) is 1. The molecule has 0 radical (unpaired) electrons. The Bertz CT molecular complexity index is 212. The molecule has 1 unspecified atom stereocenters. The standard InChI is InChI=1S/C12H26N2O3/c1-4-7-16-9-10-17-8-5-6-12(2,14-3)11(13)15/h14H,4-10H2,1-3H3,(H2,13,15). The van der Waals surface area contributed by atoms with Gasteiger partial charge in [-0.2, -0.15) is 0 Å². The number of primary amides is 1. The number of hydrogen-bond acceptors (Lipinski definition) is 4. The van der Waals surface area contributed by atoms with E-state index >= 15 is 0 Å². The van der Waals surface area contributed by atoms with E-state index in [1.165, 1.54) is 0 Å². The fourth-order valence-electron chi connectivity index (χ4n) is 1.37. The minimum Gasteiger partial charge on any atom is -0.379 e. The summed E-state index contributed by atoms with van der Waals surface area (Å²) in [5.74, 6) is -0.328. The van der Waals surface area contributed by atoms with Crippen molar-refractivity contribution in [3.63, 3.8) is 0 Å². The summed E-state index contributed by atoms with van der Waals surface area (Å²) >= 11 is 0. The third kappa shape index (κ3) is 7.31. The van der Waals surface area contributed by atoms with Crippen LogP contribution in [0, 0.1) is 0 Å². The highest BCUT2D eigenvalue weighted by atomic mass is 16.5. The summed E-state index contributed by atoms with van der Waals surface area (Å²) in [5.41, 5.74) is 4.68. The quantitative estimate of drug-likeness (QED) is 0.526. The molecule has 0 bridgehead atoms. The molecule has 17 heavy (non-hydrogen) atoms. The molecule has 0 fully saturated rings. The summed E-state index contributed by atoms with van der Waals surface area (Å²) in [5, 5.41) is 2.94. The van der Waals surface area contributed by atoms with E-state index in [-0.39, 0.29) is 5.91 Å². The molecule has 0 aliphatic carbocycles. The lowest BCUT2D eigenvalue weighted by molar-refractivity contribution is -0.124. The van der Waals surface area contributed by atoms with E-state index in [0.717, 1.165) is 19.4 Å². The van der Waals surface area contributed by atoms with Crippen LogP contribution in [-0.2, 0) is 14.3 Å². The lowest BCUT2D eigenvalue weighted by Gasteiger charge is -2.25. The number of ether oxygens (including phenoxy) is 2. The van der Waals surface area contributed by atoms with Gasteiger partial charge in [0.1, 0.15) is 0 Å². The number of likely N-dealkylation sites (N-methyl/N-ethyl adjacent to an activating group) is 1. The van der Waals surface area contributed by atoms with Crippen molar-refractivity contribution < 1.29 is 14.3 Å². The molecule has 0 heterocycles. The Morgan fingerprint density at radius 1 is 1.24 bits per heavy atom. The first kappa shape index (κ1) is 16.4. The zero-order valence-electron chi connectivity index (χ0n) is 11.3. The van der Waals surface area contributed by atoms with Crippen LogP contribution in [-0.4, -0.2) is 44.9 Å². The Morgan fingerprint density at radius 2 is 1.82 bits per heavy atom. The second-order valence-electron chi connectivity index (χ2n) is 4.27. The van der Waals surface area contributed by atoms with Crippen LogP contribution < -0.4 is 11.1 Å². The van der Waals surface area contributed by atoms with Crippen LogP contribution in [0.15, 0.2) is 0 Å². The molecule has 0 saturated carbocycles. The van der Waals surface area contributed by atoms with Gasteiger partial charge in [-0.05, 0) is 33.2 Å². The maximum Gasteiger partial charge on any atom is 0.237 e. The van der Waals surface area contributed by atoms with Crippen LogP contribution >= 0.6 is 0 Å². The van der Waals surface area contributed by atoms with Gasteiger partial charge in [0.2, 0.25) is 5.91 Å². The normalized spacial score (nSPS) is 14.5.